The lowest BCUT2D eigenvalue weighted by Crippen LogP contribution is -2.58. The van der Waals surface area contributed by atoms with Gasteiger partial charge in [-0.1, -0.05) is 0 Å². The summed E-state index contributed by atoms with van der Waals surface area (Å²) in [5, 5.41) is 31.9. The highest BCUT2D eigenvalue weighted by molar-refractivity contribution is 5.80. The number of carbonyl (C=O) groups excluding carboxylic acids is 1. The van der Waals surface area contributed by atoms with E-state index < -0.39 is 17.7 Å². The van der Waals surface area contributed by atoms with Crippen LogP contribution in [0.5, 0.6) is 0 Å². The Hall–Kier alpha value is -0.650. The maximum absolute atomic E-state index is 11.9. The van der Waals surface area contributed by atoms with E-state index in [4.69, 9.17) is 0 Å². The van der Waals surface area contributed by atoms with Crippen LogP contribution in [0.1, 0.15) is 32.1 Å². The van der Waals surface area contributed by atoms with Gasteiger partial charge in [-0.2, -0.15) is 0 Å². The van der Waals surface area contributed by atoms with Crippen molar-refractivity contribution < 1.29 is 20.1 Å². The molecule has 5 heteroatoms. The first-order chi connectivity index (χ1) is 8.02. The standard InChI is InChI=1S/C12H19NO4/c14-8-3-7(4-8)11(17)13-12-2-1-6(5-12)9(15)10(12)16/h6-10,14-16H,1-5H2,(H,13,17)/t6?,7?,8?,9-,10-,12?/m0/s1. The summed E-state index contributed by atoms with van der Waals surface area (Å²) in [6.07, 6.45) is 1.44. The molecule has 3 aliphatic rings. The van der Waals surface area contributed by atoms with Gasteiger partial charge in [0, 0.05) is 5.92 Å². The third-order valence-electron chi connectivity index (χ3n) is 4.82. The molecule has 0 radical (unpaired) electrons. The van der Waals surface area contributed by atoms with Crippen molar-refractivity contribution in [2.24, 2.45) is 11.8 Å². The summed E-state index contributed by atoms with van der Waals surface area (Å²) in [6.45, 7) is 0. The van der Waals surface area contributed by atoms with E-state index in [1.165, 1.54) is 0 Å². The number of hydrogen-bond acceptors (Lipinski definition) is 4. The maximum Gasteiger partial charge on any atom is 0.223 e. The molecule has 0 aromatic carbocycles. The van der Waals surface area contributed by atoms with E-state index in [-0.39, 0.29) is 23.8 Å². The van der Waals surface area contributed by atoms with Crippen molar-refractivity contribution in [1.29, 1.82) is 0 Å². The quantitative estimate of drug-likeness (QED) is 0.507. The van der Waals surface area contributed by atoms with Gasteiger partial charge in [0.2, 0.25) is 5.91 Å². The van der Waals surface area contributed by atoms with Crippen LogP contribution >= 0.6 is 0 Å². The van der Waals surface area contributed by atoms with Crippen LogP contribution in [0.15, 0.2) is 0 Å². The van der Waals surface area contributed by atoms with E-state index in [1.54, 1.807) is 0 Å². The molecule has 5 nitrogen and oxygen atoms in total. The molecule has 3 aliphatic carbocycles. The third-order valence-corrected chi connectivity index (χ3v) is 4.82. The molecular weight excluding hydrogens is 222 g/mol. The third kappa shape index (κ3) is 1.60. The number of hydrogen-bond donors (Lipinski definition) is 4. The van der Waals surface area contributed by atoms with Crippen LogP contribution in [0.3, 0.4) is 0 Å². The van der Waals surface area contributed by atoms with Crippen molar-refractivity contribution in [2.75, 3.05) is 0 Å². The Balaban J connectivity index is 1.66. The summed E-state index contributed by atoms with van der Waals surface area (Å²) >= 11 is 0. The van der Waals surface area contributed by atoms with Gasteiger partial charge in [-0.3, -0.25) is 4.79 Å². The summed E-state index contributed by atoms with van der Waals surface area (Å²) < 4.78 is 0. The molecule has 96 valence electrons. The summed E-state index contributed by atoms with van der Waals surface area (Å²) in [5.74, 6) is -0.0789. The molecule has 0 aliphatic heterocycles. The monoisotopic (exact) mass is 241 g/mol. The molecule has 2 unspecified atom stereocenters. The zero-order valence-electron chi connectivity index (χ0n) is 9.67. The first kappa shape index (κ1) is 11.4. The van der Waals surface area contributed by atoms with Gasteiger partial charge < -0.3 is 20.6 Å². The van der Waals surface area contributed by atoms with Gasteiger partial charge in [0.1, 0.15) is 6.10 Å². The molecule has 1 amide bonds. The van der Waals surface area contributed by atoms with Crippen LogP contribution in [0.25, 0.3) is 0 Å². The maximum atomic E-state index is 11.9. The minimum Gasteiger partial charge on any atom is -0.393 e. The summed E-state index contributed by atoms with van der Waals surface area (Å²) in [5.41, 5.74) is -0.609. The van der Waals surface area contributed by atoms with Gasteiger partial charge in [0.25, 0.3) is 0 Å². The molecule has 3 fully saturated rings. The highest BCUT2D eigenvalue weighted by Crippen LogP contribution is 2.48. The van der Waals surface area contributed by atoms with Gasteiger partial charge in [0.05, 0.1) is 17.7 Å². The van der Waals surface area contributed by atoms with Crippen LogP contribution in [-0.2, 0) is 4.79 Å². The Labute approximate surface area is 99.8 Å². The Kier molecular flexibility index (Phi) is 2.47. The highest BCUT2D eigenvalue weighted by atomic mass is 16.3. The first-order valence-corrected chi connectivity index (χ1v) is 6.38. The molecule has 3 saturated carbocycles. The topological polar surface area (TPSA) is 89.8 Å². The number of nitrogens with one attached hydrogen (secondary N) is 1. The van der Waals surface area contributed by atoms with E-state index >= 15 is 0 Å². The molecule has 0 aromatic rings. The fraction of sp³-hybridized carbons (Fsp3) is 0.917. The summed E-state index contributed by atoms with van der Waals surface area (Å²) in [4.78, 5) is 11.9. The van der Waals surface area contributed by atoms with Crippen LogP contribution in [0, 0.1) is 11.8 Å². The largest absolute Gasteiger partial charge is 0.393 e. The predicted molar refractivity (Wildman–Crippen MR) is 59.0 cm³/mol. The lowest BCUT2D eigenvalue weighted by atomic mass is 9.80. The molecule has 3 rings (SSSR count). The van der Waals surface area contributed by atoms with Crippen LogP contribution < -0.4 is 5.32 Å². The Morgan fingerprint density at radius 2 is 1.94 bits per heavy atom. The normalized spacial score (nSPS) is 52.3. The van der Waals surface area contributed by atoms with Crippen molar-refractivity contribution >= 4 is 5.91 Å². The van der Waals surface area contributed by atoms with E-state index in [2.05, 4.69) is 5.32 Å². The first-order valence-electron chi connectivity index (χ1n) is 6.38. The minimum absolute atomic E-state index is 0.0795. The molecule has 0 heterocycles. The second kappa shape index (κ2) is 3.67. The summed E-state index contributed by atoms with van der Waals surface area (Å²) in [7, 11) is 0. The van der Waals surface area contributed by atoms with E-state index in [9.17, 15) is 20.1 Å². The second-order valence-electron chi connectivity index (χ2n) is 5.91. The van der Waals surface area contributed by atoms with Gasteiger partial charge in [-0.25, -0.2) is 0 Å². The van der Waals surface area contributed by atoms with Gasteiger partial charge in [-0.05, 0) is 38.0 Å². The van der Waals surface area contributed by atoms with E-state index in [1.807, 2.05) is 0 Å². The lowest BCUT2D eigenvalue weighted by Gasteiger charge is -2.38. The number of aliphatic hydroxyl groups is 3. The average Bonchev–Trinajstić information content (AvgIpc) is 2.75. The number of fused-ring (bicyclic) bond motifs is 2. The number of aliphatic hydroxyl groups excluding tert-OH is 3. The Morgan fingerprint density at radius 1 is 1.24 bits per heavy atom. The molecule has 4 atom stereocenters. The number of amides is 1. The van der Waals surface area contributed by atoms with E-state index in [0.717, 1.165) is 12.8 Å². The van der Waals surface area contributed by atoms with Crippen molar-refractivity contribution in [3.05, 3.63) is 0 Å². The molecule has 0 saturated heterocycles. The Morgan fingerprint density at radius 3 is 2.47 bits per heavy atom. The smallest absolute Gasteiger partial charge is 0.223 e. The Bertz CT molecular complexity index is 341. The van der Waals surface area contributed by atoms with Gasteiger partial charge >= 0.3 is 0 Å². The van der Waals surface area contributed by atoms with Gasteiger partial charge in [0.15, 0.2) is 0 Å². The summed E-state index contributed by atoms with van der Waals surface area (Å²) in [6, 6.07) is 0. The van der Waals surface area contributed by atoms with Crippen molar-refractivity contribution in [2.45, 2.75) is 56.0 Å². The zero-order chi connectivity index (χ0) is 12.2. The van der Waals surface area contributed by atoms with Crippen LogP contribution in [0.2, 0.25) is 0 Å². The molecule has 4 N–H and O–H groups in total. The molecule has 0 spiro atoms. The second-order valence-corrected chi connectivity index (χ2v) is 5.91. The van der Waals surface area contributed by atoms with Gasteiger partial charge in [-0.15, -0.1) is 0 Å². The van der Waals surface area contributed by atoms with Crippen molar-refractivity contribution in [3.8, 4) is 0 Å². The average molecular weight is 241 g/mol. The minimum atomic E-state index is -0.838. The van der Waals surface area contributed by atoms with Crippen LogP contribution in [-0.4, -0.2) is 45.1 Å². The molecular formula is C12H19NO4. The van der Waals surface area contributed by atoms with Crippen LogP contribution in [0.4, 0.5) is 0 Å². The molecule has 0 aromatic heterocycles. The van der Waals surface area contributed by atoms with Crippen molar-refractivity contribution in [1.82, 2.24) is 5.32 Å². The SMILES string of the molecule is O=C(NC12CCC(C1)[C@H](O)[C@@H]2O)C1CC(O)C1. The lowest BCUT2D eigenvalue weighted by molar-refractivity contribution is -0.136. The highest BCUT2D eigenvalue weighted by Gasteiger charge is 2.58. The molecule has 17 heavy (non-hydrogen) atoms. The van der Waals surface area contributed by atoms with Crippen molar-refractivity contribution in [3.63, 3.8) is 0 Å². The number of carbonyl (C=O) groups is 1. The van der Waals surface area contributed by atoms with E-state index in [0.29, 0.717) is 19.3 Å². The fourth-order valence-electron chi connectivity index (χ4n) is 3.60. The number of rotatable bonds is 2. The predicted octanol–water partition coefficient (Wildman–Crippen LogP) is -0.852. The fourth-order valence-corrected chi connectivity index (χ4v) is 3.60. The zero-order valence-corrected chi connectivity index (χ0v) is 9.67. The molecule has 2 bridgehead atoms.